The Morgan fingerprint density at radius 3 is 2.94 bits per heavy atom. The van der Waals surface area contributed by atoms with Gasteiger partial charge in [0.25, 0.3) is 0 Å². The number of nitrogens with one attached hydrogen (secondary N) is 1. The highest BCUT2D eigenvalue weighted by molar-refractivity contribution is 5.50. The minimum Gasteiger partial charge on any atom is -0.352 e. The highest BCUT2D eigenvalue weighted by atomic mass is 15.3. The molecular weight excluding hydrogens is 216 g/mol. The van der Waals surface area contributed by atoms with Gasteiger partial charge >= 0.3 is 0 Å². The van der Waals surface area contributed by atoms with Gasteiger partial charge in [-0.2, -0.15) is 5.26 Å². The Balaban J connectivity index is 2.22. The summed E-state index contributed by atoms with van der Waals surface area (Å²) in [6.45, 7) is 2.54. The van der Waals surface area contributed by atoms with Gasteiger partial charge in [0.05, 0.1) is 12.5 Å². The van der Waals surface area contributed by atoms with Crippen molar-refractivity contribution in [2.24, 2.45) is 5.84 Å². The molecule has 0 unspecified atom stereocenters. The molecule has 1 saturated carbocycles. The molecule has 6 heteroatoms. The first-order chi connectivity index (χ1) is 8.24. The van der Waals surface area contributed by atoms with E-state index in [0.717, 1.165) is 5.82 Å². The summed E-state index contributed by atoms with van der Waals surface area (Å²) in [5, 5.41) is 8.68. The van der Waals surface area contributed by atoms with E-state index in [2.05, 4.69) is 26.4 Å². The Hall–Kier alpha value is -1.87. The van der Waals surface area contributed by atoms with Crippen LogP contribution >= 0.6 is 0 Å². The van der Waals surface area contributed by atoms with E-state index in [0.29, 0.717) is 30.6 Å². The zero-order valence-corrected chi connectivity index (χ0v) is 9.85. The molecule has 1 aromatic rings. The molecule has 1 heterocycles. The molecule has 0 aromatic carbocycles. The van der Waals surface area contributed by atoms with Crippen LogP contribution in [0.1, 0.15) is 25.1 Å². The summed E-state index contributed by atoms with van der Waals surface area (Å²) >= 11 is 0. The number of hydrogen-bond acceptors (Lipinski definition) is 6. The number of rotatable bonds is 5. The summed E-state index contributed by atoms with van der Waals surface area (Å²) in [5.41, 5.74) is 2.54. The van der Waals surface area contributed by atoms with Crippen molar-refractivity contribution in [2.45, 2.75) is 32.2 Å². The number of anilines is 2. The second kappa shape index (κ2) is 4.97. The van der Waals surface area contributed by atoms with Gasteiger partial charge in [0, 0.05) is 18.7 Å². The molecule has 0 aliphatic heterocycles. The van der Waals surface area contributed by atoms with Gasteiger partial charge in [-0.25, -0.2) is 15.8 Å². The first-order valence-corrected chi connectivity index (χ1v) is 5.70. The van der Waals surface area contributed by atoms with Crippen LogP contribution in [0.2, 0.25) is 0 Å². The fourth-order valence-electron chi connectivity index (χ4n) is 1.81. The van der Waals surface area contributed by atoms with E-state index < -0.39 is 0 Å². The van der Waals surface area contributed by atoms with Crippen molar-refractivity contribution in [1.82, 2.24) is 9.97 Å². The maximum atomic E-state index is 8.68. The fraction of sp³-hybridized carbons (Fsp3) is 0.545. The molecule has 0 saturated heterocycles. The summed E-state index contributed by atoms with van der Waals surface area (Å²) in [7, 11) is 0. The van der Waals surface area contributed by atoms with Gasteiger partial charge in [0.1, 0.15) is 17.5 Å². The van der Waals surface area contributed by atoms with E-state index >= 15 is 0 Å². The highest BCUT2D eigenvalue weighted by Crippen LogP contribution is 2.31. The van der Waals surface area contributed by atoms with Crippen LogP contribution in [0.3, 0.4) is 0 Å². The molecule has 90 valence electrons. The molecule has 1 fully saturated rings. The Morgan fingerprint density at radius 1 is 1.59 bits per heavy atom. The third kappa shape index (κ3) is 2.82. The predicted molar refractivity (Wildman–Crippen MR) is 65.2 cm³/mol. The lowest BCUT2D eigenvalue weighted by Crippen LogP contribution is -2.28. The second-order valence-corrected chi connectivity index (χ2v) is 4.14. The normalized spacial score (nSPS) is 14.2. The number of nitrogens with zero attached hydrogens (tertiary/aromatic N) is 4. The van der Waals surface area contributed by atoms with Crippen molar-refractivity contribution >= 4 is 11.6 Å². The maximum Gasteiger partial charge on any atom is 0.145 e. The van der Waals surface area contributed by atoms with Crippen LogP contribution in [0, 0.1) is 18.3 Å². The molecule has 1 aliphatic rings. The van der Waals surface area contributed by atoms with Gasteiger partial charge in [-0.05, 0) is 19.8 Å². The fourth-order valence-corrected chi connectivity index (χ4v) is 1.81. The molecule has 17 heavy (non-hydrogen) atoms. The Labute approximate surface area is 100 Å². The van der Waals surface area contributed by atoms with Crippen LogP contribution in [-0.2, 0) is 0 Å². The van der Waals surface area contributed by atoms with Crippen LogP contribution < -0.4 is 16.2 Å². The number of nitrogen functional groups attached to an aromatic ring is 1. The van der Waals surface area contributed by atoms with E-state index in [1.54, 1.807) is 0 Å². The summed E-state index contributed by atoms with van der Waals surface area (Å²) in [6, 6.07) is 4.51. The van der Waals surface area contributed by atoms with E-state index in [1.165, 1.54) is 12.8 Å². The third-order valence-electron chi connectivity index (χ3n) is 2.72. The summed E-state index contributed by atoms with van der Waals surface area (Å²) in [6.07, 6.45) is 2.84. The standard InChI is InChI=1S/C11H16N6/c1-8-14-10(16-13)7-11(15-8)17(6-2-5-12)9-3-4-9/h7,9H,2-4,6,13H2,1H3,(H,14,15,16). The van der Waals surface area contributed by atoms with Crippen molar-refractivity contribution in [3.8, 4) is 6.07 Å². The Morgan fingerprint density at radius 2 is 2.35 bits per heavy atom. The molecule has 0 bridgehead atoms. The first kappa shape index (κ1) is 11.6. The predicted octanol–water partition coefficient (Wildman–Crippen LogP) is 0.953. The van der Waals surface area contributed by atoms with Crippen LogP contribution in [0.15, 0.2) is 6.07 Å². The number of aromatic nitrogens is 2. The molecule has 2 rings (SSSR count). The van der Waals surface area contributed by atoms with Crippen LogP contribution in [-0.4, -0.2) is 22.6 Å². The Kier molecular flexibility index (Phi) is 3.40. The molecule has 1 aliphatic carbocycles. The minimum absolute atomic E-state index is 0.505. The quantitative estimate of drug-likeness (QED) is 0.580. The van der Waals surface area contributed by atoms with Crippen molar-refractivity contribution in [1.29, 1.82) is 5.26 Å². The lowest BCUT2D eigenvalue weighted by Gasteiger charge is -2.22. The van der Waals surface area contributed by atoms with Crippen LogP contribution in [0.25, 0.3) is 0 Å². The SMILES string of the molecule is Cc1nc(NN)cc(N(CCC#N)C2CC2)n1. The van der Waals surface area contributed by atoms with Gasteiger partial charge in [0.15, 0.2) is 0 Å². The number of hydrazine groups is 1. The monoisotopic (exact) mass is 232 g/mol. The maximum absolute atomic E-state index is 8.68. The topological polar surface area (TPSA) is 90.9 Å². The first-order valence-electron chi connectivity index (χ1n) is 5.70. The van der Waals surface area contributed by atoms with Gasteiger partial charge in [-0.3, -0.25) is 0 Å². The molecule has 3 N–H and O–H groups in total. The average molecular weight is 232 g/mol. The molecule has 0 spiro atoms. The van der Waals surface area contributed by atoms with Crippen molar-refractivity contribution in [3.05, 3.63) is 11.9 Å². The molecule has 0 radical (unpaired) electrons. The zero-order valence-electron chi connectivity index (χ0n) is 9.85. The third-order valence-corrected chi connectivity index (χ3v) is 2.72. The number of nitriles is 1. The lowest BCUT2D eigenvalue weighted by molar-refractivity contribution is 0.771. The van der Waals surface area contributed by atoms with Crippen molar-refractivity contribution in [3.63, 3.8) is 0 Å². The van der Waals surface area contributed by atoms with Gasteiger partial charge in [-0.15, -0.1) is 0 Å². The van der Waals surface area contributed by atoms with Crippen molar-refractivity contribution < 1.29 is 0 Å². The number of hydrogen-bond donors (Lipinski definition) is 2. The second-order valence-electron chi connectivity index (χ2n) is 4.14. The van der Waals surface area contributed by atoms with Gasteiger partial charge in [0.2, 0.25) is 0 Å². The number of aryl methyl sites for hydroxylation is 1. The molecule has 6 nitrogen and oxygen atoms in total. The average Bonchev–Trinajstić information content (AvgIpc) is 3.13. The number of nitrogens with two attached hydrogens (primary N) is 1. The smallest absolute Gasteiger partial charge is 0.145 e. The summed E-state index contributed by atoms with van der Waals surface area (Å²) in [4.78, 5) is 10.7. The molecule has 1 aromatic heterocycles. The molecule has 0 atom stereocenters. The summed E-state index contributed by atoms with van der Waals surface area (Å²) < 4.78 is 0. The van der Waals surface area contributed by atoms with Gasteiger partial charge < -0.3 is 10.3 Å². The van der Waals surface area contributed by atoms with E-state index in [4.69, 9.17) is 11.1 Å². The largest absolute Gasteiger partial charge is 0.352 e. The summed E-state index contributed by atoms with van der Waals surface area (Å²) in [5.74, 6) is 7.50. The Bertz CT molecular complexity index is 434. The highest BCUT2D eigenvalue weighted by Gasteiger charge is 2.30. The van der Waals surface area contributed by atoms with Crippen LogP contribution in [0.5, 0.6) is 0 Å². The van der Waals surface area contributed by atoms with E-state index in [-0.39, 0.29) is 0 Å². The lowest BCUT2D eigenvalue weighted by atomic mass is 10.3. The minimum atomic E-state index is 0.505. The van der Waals surface area contributed by atoms with Crippen LogP contribution in [0.4, 0.5) is 11.6 Å². The zero-order chi connectivity index (χ0) is 12.3. The van der Waals surface area contributed by atoms with E-state index in [9.17, 15) is 0 Å². The van der Waals surface area contributed by atoms with Crippen molar-refractivity contribution in [2.75, 3.05) is 16.9 Å². The van der Waals surface area contributed by atoms with Gasteiger partial charge in [-0.1, -0.05) is 0 Å². The molecule has 0 amide bonds. The van der Waals surface area contributed by atoms with E-state index in [1.807, 2.05) is 13.0 Å². The molecular formula is C11H16N6.